The SMILES string of the molecule is C#Cc1c(C(C)C)c(C(C)C)c(C(C)C)c2cc3cc4cc5ccccc5cc4cc3cc12. The standard InChI is InChI=1S/C33H32/c1-8-28-29-17-26-15-24-13-22-11-9-10-12-23(22)14-25(24)16-27(26)18-30(29)32(20(4)5)33(21(6)7)31(28)19(2)3/h1,9-21H,2-7H3. The Labute approximate surface area is 197 Å². The van der Waals surface area contributed by atoms with E-state index in [9.17, 15) is 0 Å². The molecule has 0 N–H and O–H groups in total. The van der Waals surface area contributed by atoms with Crippen molar-refractivity contribution in [2.24, 2.45) is 0 Å². The molecule has 0 heterocycles. The summed E-state index contributed by atoms with van der Waals surface area (Å²) in [5.74, 6) is 4.34. The van der Waals surface area contributed by atoms with Crippen LogP contribution in [0.3, 0.4) is 0 Å². The van der Waals surface area contributed by atoms with Gasteiger partial charge in [0.15, 0.2) is 0 Å². The lowest BCUT2D eigenvalue weighted by Crippen LogP contribution is -2.09. The van der Waals surface area contributed by atoms with Gasteiger partial charge < -0.3 is 0 Å². The molecular formula is C33H32. The van der Waals surface area contributed by atoms with Crippen molar-refractivity contribution in [1.29, 1.82) is 0 Å². The second-order valence-corrected chi connectivity index (χ2v) is 10.4. The fraction of sp³-hybridized carbons (Fsp3) is 0.273. The zero-order valence-electron chi connectivity index (χ0n) is 20.6. The fourth-order valence-electron chi connectivity index (χ4n) is 5.74. The first-order chi connectivity index (χ1) is 15.8. The van der Waals surface area contributed by atoms with Gasteiger partial charge >= 0.3 is 0 Å². The molecule has 0 spiro atoms. The first kappa shape index (κ1) is 21.5. The molecule has 0 saturated carbocycles. The molecule has 5 aromatic carbocycles. The Morgan fingerprint density at radius 2 is 0.939 bits per heavy atom. The number of rotatable bonds is 3. The monoisotopic (exact) mass is 428 g/mol. The van der Waals surface area contributed by atoms with Crippen molar-refractivity contribution < 1.29 is 0 Å². The van der Waals surface area contributed by atoms with Crippen LogP contribution in [0.25, 0.3) is 43.1 Å². The van der Waals surface area contributed by atoms with Gasteiger partial charge in [-0.05, 0) is 114 Å². The lowest BCUT2D eigenvalue weighted by atomic mass is 9.77. The molecule has 33 heavy (non-hydrogen) atoms. The molecule has 0 aromatic heterocycles. The average Bonchev–Trinajstić information content (AvgIpc) is 2.78. The van der Waals surface area contributed by atoms with E-state index in [2.05, 4.69) is 108 Å². The number of benzene rings is 5. The molecule has 5 rings (SSSR count). The van der Waals surface area contributed by atoms with Crippen molar-refractivity contribution in [2.45, 2.75) is 59.3 Å². The summed E-state index contributed by atoms with van der Waals surface area (Å²) in [5.41, 5.74) is 5.35. The van der Waals surface area contributed by atoms with Gasteiger partial charge in [0.2, 0.25) is 0 Å². The van der Waals surface area contributed by atoms with E-state index < -0.39 is 0 Å². The maximum atomic E-state index is 6.20. The largest absolute Gasteiger partial charge is 0.115 e. The van der Waals surface area contributed by atoms with Crippen molar-refractivity contribution in [3.63, 3.8) is 0 Å². The first-order valence-electron chi connectivity index (χ1n) is 12.2. The summed E-state index contributed by atoms with van der Waals surface area (Å²) in [5, 5.41) is 10.2. The minimum Gasteiger partial charge on any atom is -0.115 e. The summed E-state index contributed by atoms with van der Waals surface area (Å²) in [6.45, 7) is 13.8. The number of hydrogen-bond acceptors (Lipinski definition) is 0. The highest BCUT2D eigenvalue weighted by molar-refractivity contribution is 6.10. The van der Waals surface area contributed by atoms with Crippen LogP contribution < -0.4 is 0 Å². The van der Waals surface area contributed by atoms with Gasteiger partial charge in [-0.15, -0.1) is 6.42 Å². The minimum absolute atomic E-state index is 0.383. The van der Waals surface area contributed by atoms with Gasteiger partial charge in [-0.25, -0.2) is 0 Å². The van der Waals surface area contributed by atoms with Gasteiger partial charge in [-0.2, -0.15) is 0 Å². The van der Waals surface area contributed by atoms with Crippen LogP contribution >= 0.6 is 0 Å². The van der Waals surface area contributed by atoms with Crippen molar-refractivity contribution in [3.8, 4) is 12.3 Å². The smallest absolute Gasteiger partial charge is 0.0358 e. The molecule has 0 bridgehead atoms. The molecule has 0 saturated heterocycles. The van der Waals surface area contributed by atoms with E-state index in [1.807, 2.05) is 0 Å². The maximum absolute atomic E-state index is 6.20. The lowest BCUT2D eigenvalue weighted by molar-refractivity contribution is 0.753. The van der Waals surface area contributed by atoms with E-state index in [4.69, 9.17) is 6.42 Å². The van der Waals surface area contributed by atoms with Crippen LogP contribution in [0.5, 0.6) is 0 Å². The summed E-state index contributed by atoms with van der Waals surface area (Å²) in [6, 6.07) is 22.6. The molecular weight excluding hydrogens is 396 g/mol. The third-order valence-corrected chi connectivity index (χ3v) is 7.08. The van der Waals surface area contributed by atoms with E-state index in [-0.39, 0.29) is 0 Å². The molecule has 0 unspecified atom stereocenters. The van der Waals surface area contributed by atoms with E-state index in [0.29, 0.717) is 17.8 Å². The van der Waals surface area contributed by atoms with Crippen molar-refractivity contribution in [3.05, 3.63) is 82.9 Å². The van der Waals surface area contributed by atoms with Crippen molar-refractivity contribution >= 4 is 43.1 Å². The predicted molar refractivity (Wildman–Crippen MR) is 147 cm³/mol. The Morgan fingerprint density at radius 3 is 1.39 bits per heavy atom. The molecule has 0 amide bonds. The Morgan fingerprint density at radius 1 is 0.515 bits per heavy atom. The Kier molecular flexibility index (Phi) is 5.18. The quantitative estimate of drug-likeness (QED) is 0.198. The highest BCUT2D eigenvalue weighted by atomic mass is 14.3. The molecule has 0 radical (unpaired) electrons. The molecule has 0 heteroatoms. The third kappa shape index (κ3) is 3.39. The maximum Gasteiger partial charge on any atom is 0.0358 e. The Bertz CT molecular complexity index is 1590. The molecule has 0 aliphatic heterocycles. The second-order valence-electron chi connectivity index (χ2n) is 10.4. The van der Waals surface area contributed by atoms with Gasteiger partial charge in [0.25, 0.3) is 0 Å². The van der Waals surface area contributed by atoms with E-state index in [0.717, 1.165) is 5.56 Å². The molecule has 5 aromatic rings. The van der Waals surface area contributed by atoms with Gasteiger partial charge in [0.05, 0.1) is 0 Å². The van der Waals surface area contributed by atoms with Gasteiger partial charge in [-0.3, -0.25) is 0 Å². The molecule has 0 aliphatic rings. The molecule has 0 nitrogen and oxygen atoms in total. The minimum atomic E-state index is 0.383. The second kappa shape index (κ2) is 7.93. The van der Waals surface area contributed by atoms with Crippen LogP contribution in [0, 0.1) is 12.3 Å². The van der Waals surface area contributed by atoms with E-state index in [1.165, 1.54) is 59.8 Å². The van der Waals surface area contributed by atoms with E-state index in [1.54, 1.807) is 0 Å². The molecule has 0 fully saturated rings. The first-order valence-corrected chi connectivity index (χ1v) is 12.2. The van der Waals surface area contributed by atoms with Gasteiger partial charge in [0.1, 0.15) is 0 Å². The summed E-state index contributed by atoms with van der Waals surface area (Å²) >= 11 is 0. The number of hydrogen-bond donors (Lipinski definition) is 0. The van der Waals surface area contributed by atoms with Gasteiger partial charge in [0, 0.05) is 5.56 Å². The molecule has 164 valence electrons. The fourth-order valence-corrected chi connectivity index (χ4v) is 5.74. The Balaban J connectivity index is 1.96. The highest BCUT2D eigenvalue weighted by Gasteiger charge is 2.24. The third-order valence-electron chi connectivity index (χ3n) is 7.08. The lowest BCUT2D eigenvalue weighted by Gasteiger charge is -2.27. The summed E-state index contributed by atoms with van der Waals surface area (Å²) in [4.78, 5) is 0. The summed E-state index contributed by atoms with van der Waals surface area (Å²) in [6.07, 6.45) is 6.20. The normalized spacial score (nSPS) is 12.1. The van der Waals surface area contributed by atoms with Crippen molar-refractivity contribution in [2.75, 3.05) is 0 Å². The molecule has 0 atom stereocenters. The van der Waals surface area contributed by atoms with Crippen LogP contribution in [0.2, 0.25) is 0 Å². The van der Waals surface area contributed by atoms with Crippen LogP contribution in [0.15, 0.2) is 60.7 Å². The number of fused-ring (bicyclic) bond motifs is 4. The number of terminal acetylenes is 1. The van der Waals surface area contributed by atoms with Crippen LogP contribution in [-0.4, -0.2) is 0 Å². The van der Waals surface area contributed by atoms with Crippen LogP contribution in [0.1, 0.15) is 81.5 Å². The van der Waals surface area contributed by atoms with Crippen LogP contribution in [0.4, 0.5) is 0 Å². The van der Waals surface area contributed by atoms with E-state index >= 15 is 0 Å². The zero-order chi connectivity index (χ0) is 23.4. The summed E-state index contributed by atoms with van der Waals surface area (Å²) in [7, 11) is 0. The summed E-state index contributed by atoms with van der Waals surface area (Å²) < 4.78 is 0. The highest BCUT2D eigenvalue weighted by Crippen LogP contribution is 2.43. The van der Waals surface area contributed by atoms with Crippen molar-refractivity contribution in [1.82, 2.24) is 0 Å². The topological polar surface area (TPSA) is 0 Å². The average molecular weight is 429 g/mol. The van der Waals surface area contributed by atoms with Crippen LogP contribution in [-0.2, 0) is 0 Å². The molecule has 0 aliphatic carbocycles. The Hall–Kier alpha value is -3.30. The zero-order valence-corrected chi connectivity index (χ0v) is 20.6. The van der Waals surface area contributed by atoms with Gasteiger partial charge in [-0.1, -0.05) is 71.7 Å². The predicted octanol–water partition coefficient (Wildman–Crippen LogP) is 9.65.